The molecule has 0 amide bonds. The van der Waals surface area contributed by atoms with Crippen molar-refractivity contribution in [2.75, 3.05) is 49.5 Å². The molecule has 1 atom stereocenters. The van der Waals surface area contributed by atoms with Gasteiger partial charge in [-0.25, -0.2) is 0 Å². The Balaban J connectivity index is 1.32. The van der Waals surface area contributed by atoms with Gasteiger partial charge < -0.3 is 15.3 Å². The highest BCUT2D eigenvalue weighted by Crippen LogP contribution is 2.27. The van der Waals surface area contributed by atoms with E-state index in [0.29, 0.717) is 6.54 Å². The Hall–Kier alpha value is -2.64. The molecule has 0 aliphatic carbocycles. The second-order valence-electron chi connectivity index (χ2n) is 7.17. The Morgan fingerprint density at radius 1 is 1.11 bits per heavy atom. The molecule has 0 bridgehead atoms. The number of non-ortho nitro benzene ring substituents is 1. The Labute approximate surface area is 158 Å². The van der Waals surface area contributed by atoms with Gasteiger partial charge in [-0.1, -0.05) is 12.1 Å². The highest BCUT2D eigenvalue weighted by molar-refractivity contribution is 5.56. The van der Waals surface area contributed by atoms with Crippen LogP contribution in [0.3, 0.4) is 0 Å². The largest absolute Gasteiger partial charge is 0.387 e. The number of nitrogens with zero attached hydrogens (tertiary/aromatic N) is 3. The first-order valence-electron chi connectivity index (χ1n) is 9.37. The number of aliphatic hydroxyl groups is 1. The molecule has 2 aromatic carbocycles. The van der Waals surface area contributed by atoms with Crippen molar-refractivity contribution in [2.45, 2.75) is 12.5 Å². The summed E-state index contributed by atoms with van der Waals surface area (Å²) < 4.78 is 0. The Morgan fingerprint density at radius 2 is 1.85 bits per heavy atom. The quantitative estimate of drug-likeness (QED) is 0.623. The van der Waals surface area contributed by atoms with Crippen molar-refractivity contribution in [3.63, 3.8) is 0 Å². The molecule has 0 spiro atoms. The molecule has 2 aliphatic heterocycles. The van der Waals surface area contributed by atoms with E-state index in [0.717, 1.165) is 50.4 Å². The third-order valence-corrected chi connectivity index (χ3v) is 5.45. The van der Waals surface area contributed by atoms with Gasteiger partial charge in [-0.2, -0.15) is 0 Å². The first kappa shape index (κ1) is 17.8. The van der Waals surface area contributed by atoms with E-state index in [1.165, 1.54) is 11.3 Å². The van der Waals surface area contributed by atoms with Crippen LogP contribution >= 0.6 is 0 Å². The number of rotatable bonds is 5. The third kappa shape index (κ3) is 3.89. The maximum Gasteiger partial charge on any atom is 0.269 e. The lowest BCUT2D eigenvalue weighted by Gasteiger charge is -2.37. The maximum absolute atomic E-state index is 10.8. The molecular weight excluding hydrogens is 344 g/mol. The van der Waals surface area contributed by atoms with Gasteiger partial charge in [0.25, 0.3) is 5.69 Å². The van der Waals surface area contributed by atoms with Crippen LogP contribution in [0.4, 0.5) is 17.1 Å². The van der Waals surface area contributed by atoms with E-state index in [-0.39, 0.29) is 10.6 Å². The molecule has 7 heteroatoms. The van der Waals surface area contributed by atoms with Crippen LogP contribution in [0.1, 0.15) is 17.2 Å². The van der Waals surface area contributed by atoms with Gasteiger partial charge in [0, 0.05) is 62.8 Å². The molecule has 7 nitrogen and oxygen atoms in total. The van der Waals surface area contributed by atoms with Crippen molar-refractivity contribution >= 4 is 17.1 Å². The fourth-order valence-electron chi connectivity index (χ4n) is 3.86. The number of nitrogens with one attached hydrogen (secondary N) is 1. The topological polar surface area (TPSA) is 81.9 Å². The summed E-state index contributed by atoms with van der Waals surface area (Å²) in [6.45, 7) is 5.01. The van der Waals surface area contributed by atoms with Gasteiger partial charge in [0.1, 0.15) is 0 Å². The summed E-state index contributed by atoms with van der Waals surface area (Å²) in [6, 6.07) is 12.9. The van der Waals surface area contributed by atoms with E-state index < -0.39 is 6.10 Å². The fraction of sp³-hybridized carbons (Fsp3) is 0.400. The van der Waals surface area contributed by atoms with Gasteiger partial charge in [-0.05, 0) is 35.7 Å². The van der Waals surface area contributed by atoms with Gasteiger partial charge in [0.05, 0.1) is 11.0 Å². The van der Waals surface area contributed by atoms with Crippen molar-refractivity contribution in [3.8, 4) is 0 Å². The summed E-state index contributed by atoms with van der Waals surface area (Å²) in [5, 5.41) is 24.7. The van der Waals surface area contributed by atoms with Crippen LogP contribution in [0.2, 0.25) is 0 Å². The number of β-amino-alcohol motifs (C(OH)–C–C–N with tert-alkyl or cyclic N) is 1. The number of hydrogen-bond donors (Lipinski definition) is 2. The van der Waals surface area contributed by atoms with Crippen molar-refractivity contribution < 1.29 is 10.0 Å². The summed E-state index contributed by atoms with van der Waals surface area (Å²) in [5.41, 5.74) is 4.57. The molecule has 142 valence electrons. The van der Waals surface area contributed by atoms with Crippen LogP contribution in [0, 0.1) is 10.1 Å². The van der Waals surface area contributed by atoms with Crippen LogP contribution in [0.5, 0.6) is 0 Å². The fourth-order valence-corrected chi connectivity index (χ4v) is 3.86. The summed E-state index contributed by atoms with van der Waals surface area (Å²) in [6.07, 6.45) is 0.533. The minimum Gasteiger partial charge on any atom is -0.387 e. The number of benzene rings is 2. The van der Waals surface area contributed by atoms with Gasteiger partial charge in [0.15, 0.2) is 0 Å². The van der Waals surface area contributed by atoms with Crippen molar-refractivity contribution in [3.05, 3.63) is 63.7 Å². The van der Waals surface area contributed by atoms with E-state index in [1.807, 2.05) is 6.07 Å². The van der Waals surface area contributed by atoms with Crippen LogP contribution in [-0.2, 0) is 6.42 Å². The number of piperazine rings is 1. The molecule has 4 rings (SSSR count). The van der Waals surface area contributed by atoms with Gasteiger partial charge in [-0.3, -0.25) is 15.0 Å². The van der Waals surface area contributed by atoms with Crippen molar-refractivity contribution in [1.29, 1.82) is 0 Å². The van der Waals surface area contributed by atoms with Gasteiger partial charge in [-0.15, -0.1) is 0 Å². The zero-order valence-corrected chi connectivity index (χ0v) is 15.2. The predicted molar refractivity (Wildman–Crippen MR) is 105 cm³/mol. The zero-order chi connectivity index (χ0) is 18.8. The summed E-state index contributed by atoms with van der Waals surface area (Å²) in [5.74, 6) is 0. The minimum absolute atomic E-state index is 0.116. The van der Waals surface area contributed by atoms with E-state index in [1.54, 1.807) is 24.3 Å². The molecule has 0 saturated carbocycles. The lowest BCUT2D eigenvalue weighted by Crippen LogP contribution is -2.47. The monoisotopic (exact) mass is 368 g/mol. The minimum atomic E-state index is -0.484. The molecule has 0 unspecified atom stereocenters. The highest BCUT2D eigenvalue weighted by Gasteiger charge is 2.21. The summed E-state index contributed by atoms with van der Waals surface area (Å²) in [7, 11) is 0. The second kappa shape index (κ2) is 7.54. The highest BCUT2D eigenvalue weighted by atomic mass is 16.6. The molecular formula is C20H24N4O3. The van der Waals surface area contributed by atoms with Crippen LogP contribution in [-0.4, -0.2) is 54.2 Å². The average molecular weight is 368 g/mol. The molecule has 0 aromatic heterocycles. The predicted octanol–water partition coefficient (Wildman–Crippen LogP) is 2.42. The normalized spacial score (nSPS) is 18.0. The van der Waals surface area contributed by atoms with Crippen LogP contribution in [0.25, 0.3) is 0 Å². The summed E-state index contributed by atoms with van der Waals surface area (Å²) >= 11 is 0. The zero-order valence-electron chi connectivity index (χ0n) is 15.2. The number of anilines is 2. The van der Waals surface area contributed by atoms with Crippen molar-refractivity contribution in [1.82, 2.24) is 4.90 Å². The molecule has 2 heterocycles. The first-order valence-corrected chi connectivity index (χ1v) is 9.37. The lowest BCUT2D eigenvalue weighted by atomic mass is 10.0. The van der Waals surface area contributed by atoms with Gasteiger partial charge >= 0.3 is 0 Å². The van der Waals surface area contributed by atoms with E-state index >= 15 is 0 Å². The molecule has 2 aromatic rings. The number of nitro groups is 1. The summed E-state index contributed by atoms with van der Waals surface area (Å²) in [4.78, 5) is 14.9. The lowest BCUT2D eigenvalue weighted by molar-refractivity contribution is -0.384. The van der Waals surface area contributed by atoms with E-state index in [4.69, 9.17) is 0 Å². The van der Waals surface area contributed by atoms with Gasteiger partial charge in [0.2, 0.25) is 0 Å². The maximum atomic E-state index is 10.8. The van der Waals surface area contributed by atoms with E-state index in [9.17, 15) is 15.2 Å². The van der Waals surface area contributed by atoms with E-state index in [2.05, 4.69) is 27.2 Å². The number of hydrogen-bond acceptors (Lipinski definition) is 6. The first-order chi connectivity index (χ1) is 13.1. The smallest absolute Gasteiger partial charge is 0.269 e. The second-order valence-corrected chi connectivity index (χ2v) is 7.17. The molecule has 1 fully saturated rings. The van der Waals surface area contributed by atoms with Crippen molar-refractivity contribution in [2.24, 2.45) is 0 Å². The Morgan fingerprint density at radius 3 is 2.56 bits per heavy atom. The molecule has 1 saturated heterocycles. The van der Waals surface area contributed by atoms with Crippen LogP contribution < -0.4 is 10.2 Å². The third-order valence-electron chi connectivity index (χ3n) is 5.45. The molecule has 2 aliphatic rings. The Kier molecular flexibility index (Phi) is 4.96. The number of aliphatic hydroxyl groups excluding tert-OH is 1. The number of fused-ring (bicyclic) bond motifs is 1. The molecule has 0 radical (unpaired) electrons. The standard InChI is InChI=1S/C20H24N4O3/c25-20(16-1-6-19-15(13-16)7-8-21-19)14-22-9-11-23(12-10-22)17-2-4-18(5-3-17)24(26)27/h1-6,13,20-21,25H,7-12,14H2/t20-/m0/s1. The van der Waals surface area contributed by atoms with Crippen LogP contribution in [0.15, 0.2) is 42.5 Å². The average Bonchev–Trinajstić information content (AvgIpc) is 3.16. The Bertz CT molecular complexity index is 816. The SMILES string of the molecule is O=[N+]([O-])c1ccc(N2CCN(C[C@H](O)c3ccc4c(c3)CCN4)CC2)cc1. The molecule has 2 N–H and O–H groups in total. The molecule has 27 heavy (non-hydrogen) atoms. The number of nitro benzene ring substituents is 1.